The Morgan fingerprint density at radius 2 is 2.06 bits per heavy atom. The minimum Gasteiger partial charge on any atom is -0.411 e. The molecule has 2 aliphatic rings. The lowest BCUT2D eigenvalue weighted by Gasteiger charge is -2.28. The summed E-state index contributed by atoms with van der Waals surface area (Å²) in [5.41, 5.74) is 1.49. The van der Waals surface area contributed by atoms with Gasteiger partial charge in [-0.15, -0.1) is 0 Å². The van der Waals surface area contributed by atoms with Crippen molar-refractivity contribution < 1.29 is 9.31 Å². The van der Waals surface area contributed by atoms with E-state index in [-0.39, 0.29) is 7.12 Å². The number of hydrogen-bond donors (Lipinski definition) is 0. The SMILES string of the molecule is c1cc([C@@H]2CCC[C@H]2B2OCCCO2)cs1. The molecule has 1 saturated heterocycles. The third-order valence-electron chi connectivity index (χ3n) is 3.74. The molecule has 2 nitrogen and oxygen atoms in total. The molecule has 0 amide bonds. The first kappa shape index (κ1) is 10.8. The Kier molecular flexibility index (Phi) is 3.31. The van der Waals surface area contributed by atoms with Gasteiger partial charge in [0.05, 0.1) is 0 Å². The van der Waals surface area contributed by atoms with Gasteiger partial charge in [-0.25, -0.2) is 0 Å². The molecule has 1 aromatic rings. The third-order valence-corrected chi connectivity index (χ3v) is 4.44. The van der Waals surface area contributed by atoms with Gasteiger partial charge in [0.25, 0.3) is 0 Å². The van der Waals surface area contributed by atoms with Gasteiger partial charge in [-0.3, -0.25) is 0 Å². The Morgan fingerprint density at radius 3 is 2.81 bits per heavy atom. The van der Waals surface area contributed by atoms with E-state index >= 15 is 0 Å². The fourth-order valence-electron chi connectivity index (χ4n) is 2.97. The van der Waals surface area contributed by atoms with Gasteiger partial charge in [0.15, 0.2) is 0 Å². The van der Waals surface area contributed by atoms with Crippen LogP contribution in [0.2, 0.25) is 5.82 Å². The van der Waals surface area contributed by atoms with Crippen LogP contribution in [0.4, 0.5) is 0 Å². The second-order valence-electron chi connectivity index (χ2n) is 4.72. The van der Waals surface area contributed by atoms with Crippen LogP contribution in [0.25, 0.3) is 0 Å². The van der Waals surface area contributed by atoms with Gasteiger partial charge < -0.3 is 9.31 Å². The lowest BCUT2D eigenvalue weighted by molar-refractivity contribution is 0.125. The van der Waals surface area contributed by atoms with E-state index in [4.69, 9.17) is 9.31 Å². The van der Waals surface area contributed by atoms with Gasteiger partial charge in [0.1, 0.15) is 0 Å². The molecule has 1 aliphatic heterocycles. The molecule has 1 aliphatic carbocycles. The van der Waals surface area contributed by atoms with E-state index in [1.165, 1.54) is 24.8 Å². The maximum atomic E-state index is 5.77. The molecule has 0 radical (unpaired) electrons. The summed E-state index contributed by atoms with van der Waals surface area (Å²) < 4.78 is 11.5. The van der Waals surface area contributed by atoms with Crippen LogP contribution >= 0.6 is 11.3 Å². The van der Waals surface area contributed by atoms with Crippen LogP contribution in [-0.4, -0.2) is 20.3 Å². The summed E-state index contributed by atoms with van der Waals surface area (Å²) in [6, 6.07) is 2.26. The molecule has 0 N–H and O–H groups in total. The van der Waals surface area contributed by atoms with Gasteiger partial charge >= 0.3 is 7.12 Å². The second kappa shape index (κ2) is 4.90. The Labute approximate surface area is 101 Å². The largest absolute Gasteiger partial charge is 0.460 e. The van der Waals surface area contributed by atoms with Crippen molar-refractivity contribution in [1.29, 1.82) is 0 Å². The van der Waals surface area contributed by atoms with Crippen molar-refractivity contribution in [2.24, 2.45) is 0 Å². The molecule has 0 aromatic carbocycles. The number of hydrogen-bond acceptors (Lipinski definition) is 3. The smallest absolute Gasteiger partial charge is 0.411 e. The zero-order chi connectivity index (χ0) is 10.8. The molecular weight excluding hydrogens is 219 g/mol. The normalized spacial score (nSPS) is 30.9. The molecule has 86 valence electrons. The summed E-state index contributed by atoms with van der Waals surface area (Å²) in [5.74, 6) is 1.24. The lowest BCUT2D eigenvalue weighted by atomic mass is 9.64. The highest BCUT2D eigenvalue weighted by atomic mass is 32.1. The quantitative estimate of drug-likeness (QED) is 0.733. The van der Waals surface area contributed by atoms with Crippen molar-refractivity contribution >= 4 is 18.5 Å². The summed E-state index contributed by atoms with van der Waals surface area (Å²) in [4.78, 5) is 0. The van der Waals surface area contributed by atoms with Crippen molar-refractivity contribution in [3.8, 4) is 0 Å². The Bertz CT molecular complexity index is 322. The molecule has 2 atom stereocenters. The van der Waals surface area contributed by atoms with Crippen LogP contribution in [0, 0.1) is 0 Å². The third kappa shape index (κ3) is 2.06. The molecular formula is C12H17BO2S. The first-order chi connectivity index (χ1) is 7.95. The Morgan fingerprint density at radius 1 is 1.19 bits per heavy atom. The zero-order valence-corrected chi connectivity index (χ0v) is 10.2. The van der Waals surface area contributed by atoms with Gasteiger partial charge in [0, 0.05) is 19.0 Å². The van der Waals surface area contributed by atoms with E-state index in [2.05, 4.69) is 16.8 Å². The molecule has 1 saturated carbocycles. The van der Waals surface area contributed by atoms with Gasteiger partial charge in [-0.2, -0.15) is 11.3 Å². The molecule has 0 spiro atoms. The molecule has 4 heteroatoms. The fraction of sp³-hybridized carbons (Fsp3) is 0.667. The van der Waals surface area contributed by atoms with Crippen molar-refractivity contribution in [2.45, 2.75) is 37.4 Å². The standard InChI is InChI=1S/C12H17BO2S/c1-3-11(10-5-8-16-9-10)12(4-1)13-14-6-2-7-15-13/h5,8-9,11-12H,1-4,6-7H2/t11-,12+/m0/s1. The van der Waals surface area contributed by atoms with Crippen LogP contribution < -0.4 is 0 Å². The van der Waals surface area contributed by atoms with E-state index < -0.39 is 0 Å². The number of thiophene rings is 1. The molecule has 3 rings (SSSR count). The van der Waals surface area contributed by atoms with E-state index in [1.807, 2.05) is 0 Å². The van der Waals surface area contributed by atoms with Crippen LogP contribution in [-0.2, 0) is 9.31 Å². The predicted octanol–water partition coefficient (Wildman–Crippen LogP) is 3.31. The van der Waals surface area contributed by atoms with E-state index in [0.29, 0.717) is 11.7 Å². The fourth-order valence-corrected chi connectivity index (χ4v) is 3.69. The van der Waals surface area contributed by atoms with Gasteiger partial charge in [0.2, 0.25) is 0 Å². The Hall–Kier alpha value is -0.315. The molecule has 2 heterocycles. The summed E-state index contributed by atoms with van der Waals surface area (Å²) in [7, 11) is 0.0566. The predicted molar refractivity (Wildman–Crippen MR) is 66.9 cm³/mol. The van der Waals surface area contributed by atoms with E-state index in [0.717, 1.165) is 19.6 Å². The van der Waals surface area contributed by atoms with Crippen molar-refractivity contribution in [3.05, 3.63) is 22.4 Å². The van der Waals surface area contributed by atoms with Gasteiger partial charge in [-0.05, 0) is 41.1 Å². The second-order valence-corrected chi connectivity index (χ2v) is 5.50. The first-order valence-corrected chi connectivity index (χ1v) is 7.15. The van der Waals surface area contributed by atoms with Crippen LogP contribution in [0.1, 0.15) is 37.2 Å². The van der Waals surface area contributed by atoms with Crippen LogP contribution in [0.3, 0.4) is 0 Å². The number of rotatable bonds is 2. The van der Waals surface area contributed by atoms with Crippen molar-refractivity contribution in [3.63, 3.8) is 0 Å². The van der Waals surface area contributed by atoms with Crippen LogP contribution in [0.15, 0.2) is 16.8 Å². The highest BCUT2D eigenvalue weighted by molar-refractivity contribution is 7.08. The lowest BCUT2D eigenvalue weighted by Crippen LogP contribution is -2.35. The summed E-state index contributed by atoms with van der Waals surface area (Å²) in [5, 5.41) is 4.46. The maximum absolute atomic E-state index is 5.77. The summed E-state index contributed by atoms with van der Waals surface area (Å²) in [6.07, 6.45) is 4.91. The minimum atomic E-state index is 0.0566. The first-order valence-electron chi connectivity index (χ1n) is 6.20. The topological polar surface area (TPSA) is 18.5 Å². The highest BCUT2D eigenvalue weighted by Crippen LogP contribution is 2.46. The monoisotopic (exact) mass is 236 g/mol. The average molecular weight is 236 g/mol. The average Bonchev–Trinajstić information content (AvgIpc) is 3.01. The summed E-state index contributed by atoms with van der Waals surface area (Å²) >= 11 is 1.79. The summed E-state index contributed by atoms with van der Waals surface area (Å²) in [6.45, 7) is 1.75. The molecule has 1 aromatic heterocycles. The molecule has 0 bridgehead atoms. The van der Waals surface area contributed by atoms with Crippen LogP contribution in [0.5, 0.6) is 0 Å². The highest BCUT2D eigenvalue weighted by Gasteiger charge is 2.41. The van der Waals surface area contributed by atoms with Gasteiger partial charge in [-0.1, -0.05) is 12.8 Å². The molecule has 16 heavy (non-hydrogen) atoms. The van der Waals surface area contributed by atoms with Crippen molar-refractivity contribution in [2.75, 3.05) is 13.2 Å². The molecule has 0 unspecified atom stereocenters. The van der Waals surface area contributed by atoms with E-state index in [9.17, 15) is 0 Å². The Balaban J connectivity index is 1.73. The molecule has 2 fully saturated rings. The van der Waals surface area contributed by atoms with E-state index in [1.54, 1.807) is 11.3 Å². The zero-order valence-electron chi connectivity index (χ0n) is 9.43. The minimum absolute atomic E-state index is 0.0566. The van der Waals surface area contributed by atoms with Crippen molar-refractivity contribution in [1.82, 2.24) is 0 Å². The maximum Gasteiger partial charge on any atom is 0.460 e.